The van der Waals surface area contributed by atoms with Gasteiger partial charge in [-0.05, 0) is 24.6 Å². The van der Waals surface area contributed by atoms with Crippen LogP contribution >= 0.6 is 0 Å². The Morgan fingerprint density at radius 2 is 2.18 bits per heavy atom. The summed E-state index contributed by atoms with van der Waals surface area (Å²) in [4.78, 5) is 36.3. The summed E-state index contributed by atoms with van der Waals surface area (Å²) in [5, 5.41) is 8.02. The Morgan fingerprint density at radius 3 is 2.96 bits per heavy atom. The number of benzene rings is 1. The monoisotopic (exact) mass is 376 g/mol. The first kappa shape index (κ1) is 16.7. The number of carbonyl (C=O) groups is 2. The standard InChI is InChI=1S/C20H20N6O2/c1-3-16(27)25-9-12(10-25)19-22-15-6-7-26(20(28)17(15)23-19)18-11(2)4-5-14-13(18)8-21-24-14/h3-5,8,12H,1,6-7,9-10H2,2H3,(H,21,24)(H,22,23). The maximum absolute atomic E-state index is 13.2. The Bertz CT molecular complexity index is 1120. The van der Waals surface area contributed by atoms with Crippen molar-refractivity contribution in [3.05, 3.63) is 53.8 Å². The molecule has 1 saturated heterocycles. The Kier molecular flexibility index (Phi) is 3.61. The highest BCUT2D eigenvalue weighted by atomic mass is 16.2. The van der Waals surface area contributed by atoms with Gasteiger partial charge in [0.05, 0.1) is 23.3 Å². The largest absolute Gasteiger partial charge is 0.345 e. The predicted octanol–water partition coefficient (Wildman–Crippen LogP) is 1.91. The molecule has 0 saturated carbocycles. The van der Waals surface area contributed by atoms with E-state index in [1.165, 1.54) is 6.08 Å². The number of likely N-dealkylation sites (tertiary alicyclic amines) is 1. The number of nitrogens with zero attached hydrogens (tertiary/aromatic N) is 4. The summed E-state index contributed by atoms with van der Waals surface area (Å²) >= 11 is 0. The first-order valence-corrected chi connectivity index (χ1v) is 9.31. The lowest BCUT2D eigenvalue weighted by molar-refractivity contribution is -0.130. The second-order valence-electron chi connectivity index (χ2n) is 7.36. The quantitative estimate of drug-likeness (QED) is 0.682. The predicted molar refractivity (Wildman–Crippen MR) is 104 cm³/mol. The van der Waals surface area contributed by atoms with E-state index in [-0.39, 0.29) is 17.7 Å². The number of amides is 2. The number of anilines is 1. The van der Waals surface area contributed by atoms with Crippen LogP contribution in [0.1, 0.15) is 33.5 Å². The van der Waals surface area contributed by atoms with Crippen molar-refractivity contribution in [2.45, 2.75) is 19.3 Å². The van der Waals surface area contributed by atoms with Gasteiger partial charge in [0.1, 0.15) is 11.5 Å². The zero-order valence-electron chi connectivity index (χ0n) is 15.5. The number of aromatic nitrogens is 4. The Morgan fingerprint density at radius 1 is 1.36 bits per heavy atom. The highest BCUT2D eigenvalue weighted by molar-refractivity contribution is 6.11. The van der Waals surface area contributed by atoms with Crippen LogP contribution in [0.25, 0.3) is 10.9 Å². The third-order valence-electron chi connectivity index (χ3n) is 5.65. The fraction of sp³-hybridized carbons (Fsp3) is 0.300. The molecule has 0 atom stereocenters. The number of hydrogen-bond acceptors (Lipinski definition) is 4. The van der Waals surface area contributed by atoms with Crippen LogP contribution in [0, 0.1) is 6.92 Å². The lowest BCUT2D eigenvalue weighted by atomic mass is 9.99. The molecule has 4 heterocycles. The summed E-state index contributed by atoms with van der Waals surface area (Å²) in [6.45, 7) is 7.30. The average Bonchev–Trinajstić information content (AvgIpc) is 3.28. The van der Waals surface area contributed by atoms with Gasteiger partial charge < -0.3 is 14.8 Å². The minimum Gasteiger partial charge on any atom is -0.345 e. The van der Waals surface area contributed by atoms with Crippen molar-refractivity contribution in [1.82, 2.24) is 25.1 Å². The van der Waals surface area contributed by atoms with Gasteiger partial charge >= 0.3 is 0 Å². The molecule has 0 radical (unpaired) electrons. The minimum absolute atomic E-state index is 0.0708. The van der Waals surface area contributed by atoms with Gasteiger partial charge in [0.15, 0.2) is 0 Å². The molecule has 8 heteroatoms. The molecule has 2 amide bonds. The van der Waals surface area contributed by atoms with Gasteiger partial charge in [-0.3, -0.25) is 14.7 Å². The first-order chi connectivity index (χ1) is 13.6. The average molecular weight is 376 g/mol. The highest BCUT2D eigenvalue weighted by Gasteiger charge is 2.36. The summed E-state index contributed by atoms with van der Waals surface area (Å²) in [5.74, 6) is 0.749. The molecule has 2 aliphatic heterocycles. The molecule has 2 N–H and O–H groups in total. The van der Waals surface area contributed by atoms with Crippen molar-refractivity contribution in [1.29, 1.82) is 0 Å². The van der Waals surface area contributed by atoms with Crippen molar-refractivity contribution < 1.29 is 9.59 Å². The van der Waals surface area contributed by atoms with Crippen molar-refractivity contribution in [3.63, 3.8) is 0 Å². The molecular weight excluding hydrogens is 356 g/mol. The molecule has 8 nitrogen and oxygen atoms in total. The van der Waals surface area contributed by atoms with Crippen LogP contribution in [0.15, 0.2) is 31.0 Å². The van der Waals surface area contributed by atoms with Gasteiger partial charge in [0.25, 0.3) is 5.91 Å². The number of rotatable bonds is 3. The number of hydrogen-bond donors (Lipinski definition) is 2. The molecule has 1 fully saturated rings. The summed E-state index contributed by atoms with van der Waals surface area (Å²) in [6, 6.07) is 3.97. The lowest BCUT2D eigenvalue weighted by Gasteiger charge is -2.37. The van der Waals surface area contributed by atoms with E-state index >= 15 is 0 Å². The lowest BCUT2D eigenvalue weighted by Crippen LogP contribution is -2.48. The van der Waals surface area contributed by atoms with Crippen molar-refractivity contribution in [2.24, 2.45) is 0 Å². The number of aryl methyl sites for hydroxylation is 1. The molecular formula is C20H20N6O2. The van der Waals surface area contributed by atoms with Crippen LogP contribution in [0.5, 0.6) is 0 Å². The summed E-state index contributed by atoms with van der Waals surface area (Å²) in [6.07, 6.45) is 3.80. The number of imidazole rings is 1. The number of nitrogens with one attached hydrogen (secondary N) is 2. The third-order valence-corrected chi connectivity index (χ3v) is 5.65. The molecule has 2 aliphatic rings. The summed E-state index contributed by atoms with van der Waals surface area (Å²) < 4.78 is 0. The van der Waals surface area contributed by atoms with Gasteiger partial charge in [0.2, 0.25) is 5.91 Å². The molecule has 2 aromatic heterocycles. The second-order valence-corrected chi connectivity index (χ2v) is 7.36. The zero-order chi connectivity index (χ0) is 19.4. The molecule has 3 aromatic rings. The van der Waals surface area contributed by atoms with Gasteiger partial charge in [-0.15, -0.1) is 0 Å². The molecule has 0 unspecified atom stereocenters. The number of aromatic amines is 2. The van der Waals surface area contributed by atoms with Crippen LogP contribution in [0.2, 0.25) is 0 Å². The van der Waals surface area contributed by atoms with Crippen LogP contribution in [0.3, 0.4) is 0 Å². The number of fused-ring (bicyclic) bond motifs is 2. The molecule has 0 spiro atoms. The van der Waals surface area contributed by atoms with E-state index in [2.05, 4.69) is 26.7 Å². The van der Waals surface area contributed by atoms with Crippen LogP contribution in [0.4, 0.5) is 5.69 Å². The van der Waals surface area contributed by atoms with Crippen LogP contribution in [-0.4, -0.2) is 56.5 Å². The second kappa shape index (κ2) is 6.05. The summed E-state index contributed by atoms with van der Waals surface area (Å²) in [5.41, 5.74) is 4.18. The minimum atomic E-state index is -0.0982. The fourth-order valence-corrected chi connectivity index (χ4v) is 4.08. The highest BCUT2D eigenvalue weighted by Crippen LogP contribution is 2.34. The van der Waals surface area contributed by atoms with Crippen LogP contribution < -0.4 is 4.90 Å². The topological polar surface area (TPSA) is 98.0 Å². The van der Waals surface area contributed by atoms with E-state index in [0.29, 0.717) is 31.7 Å². The maximum Gasteiger partial charge on any atom is 0.278 e. The van der Waals surface area contributed by atoms with Gasteiger partial charge in [-0.2, -0.15) is 5.10 Å². The molecule has 28 heavy (non-hydrogen) atoms. The molecule has 1 aromatic carbocycles. The first-order valence-electron chi connectivity index (χ1n) is 9.31. The Labute approximate surface area is 161 Å². The molecule has 0 bridgehead atoms. The van der Waals surface area contributed by atoms with Gasteiger partial charge in [-0.1, -0.05) is 12.6 Å². The maximum atomic E-state index is 13.2. The summed E-state index contributed by atoms with van der Waals surface area (Å²) in [7, 11) is 0. The molecule has 0 aliphatic carbocycles. The van der Waals surface area contributed by atoms with E-state index in [4.69, 9.17) is 0 Å². The Balaban J connectivity index is 1.44. The normalized spacial score (nSPS) is 17.0. The Hall–Kier alpha value is -3.42. The smallest absolute Gasteiger partial charge is 0.278 e. The number of H-pyrrole nitrogens is 2. The van der Waals surface area contributed by atoms with Crippen molar-refractivity contribution in [3.8, 4) is 0 Å². The van der Waals surface area contributed by atoms with Gasteiger partial charge in [-0.25, -0.2) is 4.98 Å². The van der Waals surface area contributed by atoms with Crippen LogP contribution in [-0.2, 0) is 11.2 Å². The van der Waals surface area contributed by atoms with Gasteiger partial charge in [0, 0.05) is 37.1 Å². The van der Waals surface area contributed by atoms with E-state index in [1.807, 2.05) is 19.1 Å². The van der Waals surface area contributed by atoms with E-state index in [9.17, 15) is 9.59 Å². The number of carbonyl (C=O) groups excluding carboxylic acids is 2. The van der Waals surface area contributed by atoms with Crippen molar-refractivity contribution in [2.75, 3.05) is 24.5 Å². The van der Waals surface area contributed by atoms with E-state index < -0.39 is 0 Å². The van der Waals surface area contributed by atoms with E-state index in [1.54, 1.807) is 16.0 Å². The third kappa shape index (κ3) is 2.37. The molecule has 142 valence electrons. The fourth-order valence-electron chi connectivity index (χ4n) is 4.08. The van der Waals surface area contributed by atoms with Crippen molar-refractivity contribution >= 4 is 28.4 Å². The SMILES string of the molecule is C=CC(=O)N1CC(c2nc3c([nH]2)CCN(c2c(C)ccc4[nH]ncc24)C3=O)C1. The zero-order valence-corrected chi connectivity index (χ0v) is 15.5. The van der Waals surface area contributed by atoms with E-state index in [0.717, 1.165) is 33.7 Å². The molecule has 5 rings (SSSR count).